The van der Waals surface area contributed by atoms with Crippen LogP contribution in [0.1, 0.15) is 37.8 Å². The van der Waals surface area contributed by atoms with Crippen molar-refractivity contribution in [3.05, 3.63) is 34.9 Å². The lowest BCUT2D eigenvalue weighted by atomic mass is 9.88. The molecule has 6 heteroatoms. The standard InChI is InChI=1S/C17H19N3O3/c1-17(2)13(10-19-22)16(20-7-3-4-15(20)21)12-8-11(9-18)5-6-14(12)23-17/h5-6,8,19,22H,3-4,7,10H2,1-2H3. The van der Waals surface area contributed by atoms with Crippen molar-refractivity contribution in [1.82, 2.24) is 10.4 Å². The predicted molar refractivity (Wildman–Crippen MR) is 83.5 cm³/mol. The topological polar surface area (TPSA) is 85.6 Å². The number of nitrogens with one attached hydrogen (secondary N) is 1. The van der Waals surface area contributed by atoms with Gasteiger partial charge < -0.3 is 14.8 Å². The Morgan fingerprint density at radius 3 is 2.87 bits per heavy atom. The molecule has 2 aliphatic heterocycles. The Balaban J connectivity index is 2.25. The summed E-state index contributed by atoms with van der Waals surface area (Å²) < 4.78 is 6.05. The third-order valence-corrected chi connectivity index (χ3v) is 4.34. The van der Waals surface area contributed by atoms with Crippen molar-refractivity contribution in [3.63, 3.8) is 0 Å². The van der Waals surface area contributed by atoms with Gasteiger partial charge in [0.25, 0.3) is 0 Å². The number of fused-ring (bicyclic) bond motifs is 1. The average Bonchev–Trinajstić information content (AvgIpc) is 2.93. The fraction of sp³-hybridized carbons (Fsp3) is 0.412. The van der Waals surface area contributed by atoms with E-state index in [0.717, 1.165) is 23.3 Å². The Hall–Kier alpha value is -2.36. The number of hydroxylamine groups is 1. The molecule has 6 nitrogen and oxygen atoms in total. The van der Waals surface area contributed by atoms with Gasteiger partial charge in [0.05, 0.1) is 17.3 Å². The normalized spacial score (nSPS) is 19.4. The quantitative estimate of drug-likeness (QED) is 0.834. The molecule has 0 unspecified atom stereocenters. The van der Waals surface area contributed by atoms with Crippen LogP contribution in [0.3, 0.4) is 0 Å². The van der Waals surface area contributed by atoms with Gasteiger partial charge >= 0.3 is 0 Å². The fourth-order valence-corrected chi connectivity index (χ4v) is 3.23. The van der Waals surface area contributed by atoms with Crippen LogP contribution >= 0.6 is 0 Å². The predicted octanol–water partition coefficient (Wildman–Crippen LogP) is 2.04. The number of nitrogens with zero attached hydrogens (tertiary/aromatic N) is 2. The minimum atomic E-state index is -0.672. The van der Waals surface area contributed by atoms with E-state index in [1.165, 1.54) is 0 Å². The molecule has 1 aromatic carbocycles. The van der Waals surface area contributed by atoms with E-state index >= 15 is 0 Å². The van der Waals surface area contributed by atoms with E-state index in [4.69, 9.17) is 4.74 Å². The van der Waals surface area contributed by atoms with Crippen LogP contribution in [-0.4, -0.2) is 34.7 Å². The SMILES string of the molecule is CC1(C)Oc2ccc(C#N)cc2C(N2CCCC2=O)=C1CNO. The second-order valence-electron chi connectivity index (χ2n) is 6.25. The lowest BCUT2D eigenvalue weighted by Gasteiger charge is -2.39. The van der Waals surface area contributed by atoms with E-state index in [2.05, 4.69) is 11.5 Å². The highest BCUT2D eigenvalue weighted by atomic mass is 16.5. The van der Waals surface area contributed by atoms with Crippen LogP contribution in [0.4, 0.5) is 0 Å². The molecule has 0 spiro atoms. The number of ether oxygens (including phenoxy) is 1. The first-order chi connectivity index (χ1) is 11.0. The second kappa shape index (κ2) is 5.69. The van der Waals surface area contributed by atoms with Gasteiger partial charge in [-0.1, -0.05) is 0 Å². The number of hydrogen-bond donors (Lipinski definition) is 2. The highest BCUT2D eigenvalue weighted by Gasteiger charge is 2.39. The number of carbonyl (C=O) groups is 1. The van der Waals surface area contributed by atoms with Crippen molar-refractivity contribution in [3.8, 4) is 11.8 Å². The Morgan fingerprint density at radius 1 is 1.48 bits per heavy atom. The van der Waals surface area contributed by atoms with Gasteiger partial charge in [-0.15, -0.1) is 0 Å². The highest BCUT2D eigenvalue weighted by Crippen LogP contribution is 2.43. The van der Waals surface area contributed by atoms with Crippen LogP contribution in [0.15, 0.2) is 23.8 Å². The molecular weight excluding hydrogens is 294 g/mol. The summed E-state index contributed by atoms with van der Waals surface area (Å²) in [6.07, 6.45) is 1.31. The zero-order valence-corrected chi connectivity index (χ0v) is 13.2. The number of likely N-dealkylation sites (tertiary alicyclic amines) is 1. The molecule has 2 N–H and O–H groups in total. The molecule has 0 bridgehead atoms. The molecular formula is C17H19N3O3. The molecule has 0 radical (unpaired) electrons. The molecule has 3 rings (SSSR count). The van der Waals surface area contributed by atoms with Crippen LogP contribution in [0, 0.1) is 11.3 Å². The van der Waals surface area contributed by atoms with Gasteiger partial charge in [0.2, 0.25) is 5.91 Å². The maximum Gasteiger partial charge on any atom is 0.227 e. The van der Waals surface area contributed by atoms with Gasteiger partial charge in [-0.3, -0.25) is 4.79 Å². The second-order valence-corrected chi connectivity index (χ2v) is 6.25. The van der Waals surface area contributed by atoms with E-state index in [9.17, 15) is 15.3 Å². The lowest BCUT2D eigenvalue weighted by Crippen LogP contribution is -2.42. The zero-order chi connectivity index (χ0) is 16.6. The monoisotopic (exact) mass is 313 g/mol. The Kier molecular flexibility index (Phi) is 3.84. The summed E-state index contributed by atoms with van der Waals surface area (Å²) in [7, 11) is 0. The summed E-state index contributed by atoms with van der Waals surface area (Å²) in [5.41, 5.74) is 4.28. The summed E-state index contributed by atoms with van der Waals surface area (Å²) >= 11 is 0. The molecule has 2 heterocycles. The summed E-state index contributed by atoms with van der Waals surface area (Å²) in [6, 6.07) is 7.32. The first-order valence-electron chi connectivity index (χ1n) is 7.62. The maximum atomic E-state index is 12.3. The van der Waals surface area contributed by atoms with Gasteiger partial charge in [-0.05, 0) is 38.5 Å². The molecule has 2 aliphatic rings. The summed E-state index contributed by atoms with van der Waals surface area (Å²) in [5.74, 6) is 0.701. The number of carbonyl (C=O) groups excluding carboxylic acids is 1. The number of amides is 1. The maximum absolute atomic E-state index is 12.3. The van der Waals surface area contributed by atoms with Gasteiger partial charge in [0, 0.05) is 30.6 Å². The van der Waals surface area contributed by atoms with Crippen molar-refractivity contribution in [1.29, 1.82) is 5.26 Å². The van der Waals surface area contributed by atoms with Crippen molar-refractivity contribution in [2.45, 2.75) is 32.3 Å². The summed E-state index contributed by atoms with van der Waals surface area (Å²) in [5, 5.41) is 18.4. The van der Waals surface area contributed by atoms with E-state index in [1.54, 1.807) is 23.1 Å². The highest BCUT2D eigenvalue weighted by molar-refractivity contribution is 5.91. The number of rotatable bonds is 3. The van der Waals surface area contributed by atoms with Crippen LogP contribution in [0.25, 0.3) is 5.70 Å². The van der Waals surface area contributed by atoms with E-state index < -0.39 is 5.60 Å². The molecule has 1 fully saturated rings. The van der Waals surface area contributed by atoms with Gasteiger partial charge in [0.15, 0.2) is 0 Å². The van der Waals surface area contributed by atoms with Gasteiger partial charge in [-0.25, -0.2) is 5.48 Å². The number of hydrogen-bond acceptors (Lipinski definition) is 5. The number of benzene rings is 1. The average molecular weight is 313 g/mol. The van der Waals surface area contributed by atoms with Crippen molar-refractivity contribution in [2.75, 3.05) is 13.1 Å². The van der Waals surface area contributed by atoms with Crippen LogP contribution in [0.2, 0.25) is 0 Å². The minimum Gasteiger partial charge on any atom is -0.483 e. The van der Waals surface area contributed by atoms with Crippen LogP contribution in [-0.2, 0) is 4.79 Å². The molecule has 1 amide bonds. The molecule has 0 aromatic heterocycles. The molecule has 120 valence electrons. The van der Waals surface area contributed by atoms with E-state index in [-0.39, 0.29) is 12.5 Å². The summed E-state index contributed by atoms with van der Waals surface area (Å²) in [4.78, 5) is 14.0. The van der Waals surface area contributed by atoms with Crippen LogP contribution < -0.4 is 10.2 Å². The first-order valence-corrected chi connectivity index (χ1v) is 7.62. The van der Waals surface area contributed by atoms with E-state index in [1.807, 2.05) is 13.8 Å². The van der Waals surface area contributed by atoms with Gasteiger partial charge in [0.1, 0.15) is 11.4 Å². The van der Waals surface area contributed by atoms with Crippen molar-refractivity contribution in [2.24, 2.45) is 0 Å². The molecule has 23 heavy (non-hydrogen) atoms. The number of nitriles is 1. The molecule has 1 saturated heterocycles. The third-order valence-electron chi connectivity index (χ3n) is 4.34. The fourth-order valence-electron chi connectivity index (χ4n) is 3.23. The first kappa shape index (κ1) is 15.5. The smallest absolute Gasteiger partial charge is 0.227 e. The molecule has 1 aromatic rings. The van der Waals surface area contributed by atoms with Crippen molar-refractivity contribution < 1.29 is 14.7 Å². The Labute approximate surface area is 134 Å². The lowest BCUT2D eigenvalue weighted by molar-refractivity contribution is -0.125. The van der Waals surface area contributed by atoms with E-state index in [0.29, 0.717) is 24.3 Å². The molecule has 0 atom stereocenters. The zero-order valence-electron chi connectivity index (χ0n) is 13.2. The Morgan fingerprint density at radius 2 is 2.26 bits per heavy atom. The molecule has 0 aliphatic carbocycles. The third kappa shape index (κ3) is 2.58. The van der Waals surface area contributed by atoms with Gasteiger partial charge in [-0.2, -0.15) is 5.26 Å². The molecule has 0 saturated carbocycles. The van der Waals surface area contributed by atoms with Crippen LogP contribution in [0.5, 0.6) is 5.75 Å². The Bertz CT molecular complexity index is 731. The minimum absolute atomic E-state index is 0.0569. The largest absolute Gasteiger partial charge is 0.483 e. The van der Waals surface area contributed by atoms with Crippen molar-refractivity contribution >= 4 is 11.6 Å². The summed E-state index contributed by atoms with van der Waals surface area (Å²) in [6.45, 7) is 4.63.